The van der Waals surface area contributed by atoms with Crippen LogP contribution in [0.4, 0.5) is 29.0 Å². The molecule has 2 aromatic heterocycles. The molecule has 9 heteroatoms. The van der Waals surface area contributed by atoms with Crippen LogP contribution in [-0.4, -0.2) is 37.7 Å². The summed E-state index contributed by atoms with van der Waals surface area (Å²) in [6.45, 7) is 4.18. The second-order valence-electron chi connectivity index (χ2n) is 8.10. The highest BCUT2D eigenvalue weighted by Gasteiger charge is 2.12. The molecule has 0 aliphatic heterocycles. The van der Waals surface area contributed by atoms with E-state index in [2.05, 4.69) is 61.5 Å². The number of anilines is 5. The Labute approximate surface area is 208 Å². The van der Waals surface area contributed by atoms with Crippen LogP contribution in [0.2, 0.25) is 0 Å². The largest absolute Gasteiger partial charge is 0.324 e. The van der Waals surface area contributed by atoms with Gasteiger partial charge >= 0.3 is 0 Å². The van der Waals surface area contributed by atoms with Crippen molar-refractivity contribution < 1.29 is 4.79 Å². The van der Waals surface area contributed by atoms with E-state index >= 15 is 0 Å². The highest BCUT2D eigenvalue weighted by molar-refractivity contribution is 5.99. The summed E-state index contributed by atoms with van der Waals surface area (Å²) in [5.74, 6) is 0.592. The van der Waals surface area contributed by atoms with Gasteiger partial charge in [0, 0.05) is 29.5 Å². The van der Waals surface area contributed by atoms with Gasteiger partial charge in [-0.1, -0.05) is 43.0 Å². The maximum atomic E-state index is 11.6. The van der Waals surface area contributed by atoms with Crippen LogP contribution in [0.5, 0.6) is 0 Å². The lowest BCUT2D eigenvalue weighted by atomic mass is 10.2. The van der Waals surface area contributed by atoms with Gasteiger partial charge in [-0.05, 0) is 48.0 Å². The van der Waals surface area contributed by atoms with Crippen LogP contribution in [0.25, 0.3) is 10.9 Å². The third kappa shape index (κ3) is 5.05. The number of hydrogen-bond donors (Lipinski definition) is 2. The van der Waals surface area contributed by atoms with Gasteiger partial charge in [-0.2, -0.15) is 10.1 Å². The first-order chi connectivity index (χ1) is 17.6. The molecule has 178 valence electrons. The van der Waals surface area contributed by atoms with E-state index in [-0.39, 0.29) is 5.91 Å². The number of rotatable bonds is 8. The van der Waals surface area contributed by atoms with Crippen LogP contribution in [0.1, 0.15) is 5.56 Å². The minimum absolute atomic E-state index is 0.279. The van der Waals surface area contributed by atoms with E-state index in [1.54, 1.807) is 12.1 Å². The molecule has 0 saturated carbocycles. The van der Waals surface area contributed by atoms with Crippen molar-refractivity contribution in [3.63, 3.8) is 0 Å². The second-order valence-corrected chi connectivity index (χ2v) is 8.10. The fourth-order valence-corrected chi connectivity index (χ4v) is 3.79. The highest BCUT2D eigenvalue weighted by Crippen LogP contribution is 2.26. The zero-order chi connectivity index (χ0) is 24.9. The normalized spacial score (nSPS) is 10.7. The monoisotopic (exact) mass is 476 g/mol. The van der Waals surface area contributed by atoms with Gasteiger partial charge in [0.25, 0.3) is 0 Å². The Kier molecular flexibility index (Phi) is 6.35. The Morgan fingerprint density at radius 3 is 2.69 bits per heavy atom. The molecule has 36 heavy (non-hydrogen) atoms. The second kappa shape index (κ2) is 10.1. The molecule has 0 atom stereocenters. The summed E-state index contributed by atoms with van der Waals surface area (Å²) in [6.07, 6.45) is 4.55. The Morgan fingerprint density at radius 1 is 1.03 bits per heavy atom. The van der Waals surface area contributed by atoms with E-state index in [1.165, 1.54) is 18.0 Å². The summed E-state index contributed by atoms with van der Waals surface area (Å²) in [5.41, 5.74) is 4.54. The molecule has 0 radical (unpaired) electrons. The smallest absolute Gasteiger partial charge is 0.247 e. The number of benzene rings is 3. The number of hydrogen-bond acceptors (Lipinski definition) is 7. The molecule has 9 nitrogen and oxygen atoms in total. The van der Waals surface area contributed by atoms with Crippen molar-refractivity contribution in [1.82, 2.24) is 24.7 Å². The molecule has 5 aromatic rings. The molecule has 0 aliphatic carbocycles. The van der Waals surface area contributed by atoms with Crippen LogP contribution >= 0.6 is 0 Å². The maximum Gasteiger partial charge on any atom is 0.247 e. The van der Waals surface area contributed by atoms with Gasteiger partial charge in [0.05, 0.1) is 18.3 Å². The Bertz CT molecular complexity index is 1530. The van der Waals surface area contributed by atoms with Crippen molar-refractivity contribution in [3.8, 4) is 0 Å². The number of nitrogens with zero attached hydrogens (tertiary/aromatic N) is 6. The standard InChI is InChI=1S/C27H24N8O/c1-3-25(36)31-21-10-7-11-22(15-21)32-26-28-18-29-27(33-26)34(2)23-12-13-24-20(14-23)16-30-35(24)17-19-8-5-4-6-9-19/h3-16,18H,1,17H2,2H3,(H,31,36)(H,28,29,32,33). The Morgan fingerprint density at radius 2 is 1.86 bits per heavy atom. The van der Waals surface area contributed by atoms with E-state index in [0.717, 1.165) is 22.3 Å². The summed E-state index contributed by atoms with van der Waals surface area (Å²) in [7, 11) is 1.90. The number of fused-ring (bicyclic) bond motifs is 1. The molecule has 0 aliphatic rings. The molecule has 5 rings (SSSR count). The van der Waals surface area contributed by atoms with Crippen LogP contribution in [0.15, 0.2) is 98.0 Å². The summed E-state index contributed by atoms with van der Waals surface area (Å²) in [6, 6.07) is 23.7. The fourth-order valence-electron chi connectivity index (χ4n) is 3.79. The third-order valence-electron chi connectivity index (χ3n) is 5.62. The van der Waals surface area contributed by atoms with Crippen molar-refractivity contribution in [2.45, 2.75) is 6.54 Å². The molecule has 0 bridgehead atoms. The molecule has 2 N–H and O–H groups in total. The number of carbonyl (C=O) groups is 1. The van der Waals surface area contributed by atoms with Gasteiger partial charge in [0.1, 0.15) is 6.33 Å². The van der Waals surface area contributed by atoms with Gasteiger partial charge in [-0.3, -0.25) is 9.48 Å². The van der Waals surface area contributed by atoms with Crippen molar-refractivity contribution >= 4 is 45.8 Å². The minimum Gasteiger partial charge on any atom is -0.324 e. The third-order valence-corrected chi connectivity index (χ3v) is 5.62. The average Bonchev–Trinajstić information content (AvgIpc) is 3.31. The summed E-state index contributed by atoms with van der Waals surface area (Å²) < 4.78 is 1.99. The highest BCUT2D eigenvalue weighted by atomic mass is 16.1. The molecule has 2 heterocycles. The van der Waals surface area contributed by atoms with Crippen LogP contribution < -0.4 is 15.5 Å². The molecule has 0 fully saturated rings. The lowest BCUT2D eigenvalue weighted by Crippen LogP contribution is -2.14. The van der Waals surface area contributed by atoms with E-state index in [9.17, 15) is 4.79 Å². The summed E-state index contributed by atoms with van der Waals surface area (Å²) >= 11 is 0. The van der Waals surface area contributed by atoms with Crippen molar-refractivity contribution in [1.29, 1.82) is 0 Å². The maximum absolute atomic E-state index is 11.6. The Hall–Kier alpha value is -5.05. The summed E-state index contributed by atoms with van der Waals surface area (Å²) in [5, 5.41) is 11.5. The van der Waals surface area contributed by atoms with Crippen molar-refractivity contribution in [2.75, 3.05) is 22.6 Å². The first-order valence-electron chi connectivity index (χ1n) is 11.3. The number of carbonyl (C=O) groups excluding carboxylic acids is 1. The molecular weight excluding hydrogens is 452 g/mol. The topological polar surface area (TPSA) is 101 Å². The SMILES string of the molecule is C=CC(=O)Nc1cccc(Nc2ncnc(N(C)c3ccc4c(cnn4Cc4ccccc4)c3)n2)c1. The fraction of sp³-hybridized carbons (Fsp3) is 0.0741. The van der Waals surface area contributed by atoms with Crippen LogP contribution in [0.3, 0.4) is 0 Å². The van der Waals surface area contributed by atoms with Crippen LogP contribution in [-0.2, 0) is 11.3 Å². The van der Waals surface area contributed by atoms with Gasteiger partial charge < -0.3 is 15.5 Å². The lowest BCUT2D eigenvalue weighted by molar-refractivity contribution is -0.111. The van der Waals surface area contributed by atoms with E-state index in [0.29, 0.717) is 24.1 Å². The molecular formula is C27H24N8O. The summed E-state index contributed by atoms with van der Waals surface area (Å²) in [4.78, 5) is 26.6. The van der Waals surface area contributed by atoms with Gasteiger partial charge in [0.15, 0.2) is 0 Å². The predicted molar refractivity (Wildman–Crippen MR) is 142 cm³/mol. The van der Waals surface area contributed by atoms with Gasteiger partial charge in [0.2, 0.25) is 17.8 Å². The average molecular weight is 477 g/mol. The van der Waals surface area contributed by atoms with Crippen molar-refractivity contribution in [2.24, 2.45) is 0 Å². The van der Waals surface area contributed by atoms with E-state index < -0.39 is 0 Å². The van der Waals surface area contributed by atoms with Gasteiger partial charge in [-0.25, -0.2) is 9.97 Å². The molecule has 0 saturated heterocycles. The number of amides is 1. The molecule has 1 amide bonds. The minimum atomic E-state index is -0.279. The molecule has 0 spiro atoms. The van der Waals surface area contributed by atoms with E-state index in [4.69, 9.17) is 0 Å². The zero-order valence-corrected chi connectivity index (χ0v) is 19.7. The van der Waals surface area contributed by atoms with Gasteiger partial charge in [-0.15, -0.1) is 0 Å². The number of aromatic nitrogens is 5. The van der Waals surface area contributed by atoms with E-state index in [1.807, 2.05) is 59.2 Å². The lowest BCUT2D eigenvalue weighted by Gasteiger charge is -2.18. The molecule has 0 unspecified atom stereocenters. The molecule has 3 aromatic carbocycles. The van der Waals surface area contributed by atoms with Crippen LogP contribution in [0, 0.1) is 0 Å². The Balaban J connectivity index is 1.34. The zero-order valence-electron chi connectivity index (χ0n) is 19.7. The van der Waals surface area contributed by atoms with Crippen molar-refractivity contribution in [3.05, 3.63) is 104 Å². The quantitative estimate of drug-likeness (QED) is 0.307. The predicted octanol–water partition coefficient (Wildman–Crippen LogP) is 4.91. The first kappa shape index (κ1) is 22.7. The number of nitrogens with one attached hydrogen (secondary N) is 2. The first-order valence-corrected chi connectivity index (χ1v) is 11.3.